The smallest absolute Gasteiger partial charge is 0.256 e. The third-order valence-electron chi connectivity index (χ3n) is 6.47. The van der Waals surface area contributed by atoms with E-state index in [1.807, 2.05) is 24.8 Å². The van der Waals surface area contributed by atoms with Crippen LogP contribution in [0.25, 0.3) is 0 Å². The highest BCUT2D eigenvalue weighted by atomic mass is 16.5. The average Bonchev–Trinajstić information content (AvgIpc) is 3.44. The molecule has 0 saturated heterocycles. The number of carbonyl (C=O) groups is 1. The van der Waals surface area contributed by atoms with Crippen molar-refractivity contribution in [2.75, 3.05) is 20.2 Å². The summed E-state index contributed by atoms with van der Waals surface area (Å²) in [5.74, 6) is 1.40. The van der Waals surface area contributed by atoms with Crippen LogP contribution in [0.3, 0.4) is 0 Å². The molecule has 5 rings (SSSR count). The number of pyridine rings is 1. The maximum atomic E-state index is 12.8. The molecule has 29 heavy (non-hydrogen) atoms. The largest absolute Gasteiger partial charge is 0.481 e. The highest BCUT2D eigenvalue weighted by Gasteiger charge is 2.33. The van der Waals surface area contributed by atoms with Gasteiger partial charge in [-0.05, 0) is 44.7 Å². The van der Waals surface area contributed by atoms with Crippen LogP contribution in [0, 0.1) is 0 Å². The molecule has 2 aromatic heterocycles. The number of hydrogen-bond acceptors (Lipinski definition) is 5. The van der Waals surface area contributed by atoms with E-state index in [0.717, 1.165) is 49.3 Å². The van der Waals surface area contributed by atoms with Gasteiger partial charge in [-0.2, -0.15) is 5.10 Å². The Hall–Kier alpha value is -2.41. The molecule has 154 valence electrons. The van der Waals surface area contributed by atoms with Crippen LogP contribution in [0.5, 0.6) is 5.88 Å². The Bertz CT molecular complexity index is 947. The molecule has 0 atom stereocenters. The fraction of sp³-hybridized carbons (Fsp3) is 0.591. The van der Waals surface area contributed by atoms with Crippen LogP contribution in [-0.2, 0) is 25.9 Å². The van der Waals surface area contributed by atoms with E-state index < -0.39 is 0 Å². The Morgan fingerprint density at radius 2 is 2.07 bits per heavy atom. The predicted octanol–water partition coefficient (Wildman–Crippen LogP) is 2.66. The van der Waals surface area contributed by atoms with E-state index in [9.17, 15) is 4.79 Å². The van der Waals surface area contributed by atoms with Crippen molar-refractivity contribution in [3.63, 3.8) is 0 Å². The molecule has 0 radical (unpaired) electrons. The standard InChI is InChI=1S/C22H29N5O2/c1-13(2)27-12-19-17(22(27)28)10-15(21(23-19)29-3)11-26-8-6-16-18(7-9-26)24-25-20(16)14-4-5-14/h10,13-14H,4-9,11-12H2,1-3H3,(H,24,25). The summed E-state index contributed by atoms with van der Waals surface area (Å²) in [5.41, 5.74) is 6.60. The van der Waals surface area contributed by atoms with Crippen LogP contribution in [0.2, 0.25) is 0 Å². The van der Waals surface area contributed by atoms with Crippen LogP contribution in [0.1, 0.15) is 71.2 Å². The lowest BCUT2D eigenvalue weighted by molar-refractivity contribution is 0.0730. The molecule has 0 bridgehead atoms. The third-order valence-corrected chi connectivity index (χ3v) is 6.47. The van der Waals surface area contributed by atoms with Crippen LogP contribution in [0.4, 0.5) is 0 Å². The van der Waals surface area contributed by atoms with Crippen molar-refractivity contribution >= 4 is 5.91 Å². The van der Waals surface area contributed by atoms with Gasteiger partial charge in [-0.25, -0.2) is 4.98 Å². The minimum absolute atomic E-state index is 0.0809. The quantitative estimate of drug-likeness (QED) is 0.843. The molecule has 1 aliphatic carbocycles. The topological polar surface area (TPSA) is 74.3 Å². The number of aromatic nitrogens is 3. The van der Waals surface area contributed by atoms with Crippen molar-refractivity contribution in [2.45, 2.75) is 64.6 Å². The summed E-state index contributed by atoms with van der Waals surface area (Å²) < 4.78 is 5.60. The van der Waals surface area contributed by atoms with Crippen molar-refractivity contribution in [2.24, 2.45) is 0 Å². The normalized spacial score (nSPS) is 19.4. The maximum Gasteiger partial charge on any atom is 0.256 e. The van der Waals surface area contributed by atoms with Gasteiger partial charge in [0.2, 0.25) is 5.88 Å². The Morgan fingerprint density at radius 1 is 1.28 bits per heavy atom. The second kappa shape index (κ2) is 7.13. The lowest BCUT2D eigenvalue weighted by Crippen LogP contribution is -2.30. The van der Waals surface area contributed by atoms with Gasteiger partial charge in [0.1, 0.15) is 0 Å². The molecule has 4 heterocycles. The molecule has 0 aromatic carbocycles. The second-order valence-corrected chi connectivity index (χ2v) is 8.79. The van der Waals surface area contributed by atoms with E-state index >= 15 is 0 Å². The van der Waals surface area contributed by atoms with Gasteiger partial charge in [-0.1, -0.05) is 0 Å². The Kier molecular flexibility index (Phi) is 4.57. The van der Waals surface area contributed by atoms with Crippen LogP contribution >= 0.6 is 0 Å². The number of aromatic amines is 1. The van der Waals surface area contributed by atoms with Gasteiger partial charge in [0.15, 0.2) is 0 Å². The lowest BCUT2D eigenvalue weighted by Gasteiger charge is -2.21. The van der Waals surface area contributed by atoms with E-state index in [1.54, 1.807) is 7.11 Å². The van der Waals surface area contributed by atoms with Gasteiger partial charge in [0, 0.05) is 49.3 Å². The lowest BCUT2D eigenvalue weighted by atomic mass is 10.1. The number of hydrogen-bond donors (Lipinski definition) is 1. The van der Waals surface area contributed by atoms with Crippen LogP contribution in [0.15, 0.2) is 6.07 Å². The molecule has 1 N–H and O–H groups in total. The van der Waals surface area contributed by atoms with E-state index in [1.165, 1.54) is 29.8 Å². The van der Waals surface area contributed by atoms with Crippen molar-refractivity contribution < 1.29 is 9.53 Å². The number of nitrogens with zero attached hydrogens (tertiary/aromatic N) is 4. The molecule has 1 amide bonds. The summed E-state index contributed by atoms with van der Waals surface area (Å²) in [4.78, 5) is 21.8. The number of fused-ring (bicyclic) bond motifs is 2. The first-order chi connectivity index (χ1) is 14.0. The van der Waals surface area contributed by atoms with E-state index in [4.69, 9.17) is 9.72 Å². The monoisotopic (exact) mass is 395 g/mol. The average molecular weight is 396 g/mol. The predicted molar refractivity (Wildman–Crippen MR) is 109 cm³/mol. The number of rotatable bonds is 5. The second-order valence-electron chi connectivity index (χ2n) is 8.79. The van der Waals surface area contributed by atoms with Crippen LogP contribution in [-0.4, -0.2) is 57.1 Å². The summed E-state index contributed by atoms with van der Waals surface area (Å²) in [5, 5.41) is 7.88. The number of methoxy groups -OCH3 is 1. The maximum absolute atomic E-state index is 12.8. The van der Waals surface area contributed by atoms with Crippen molar-refractivity contribution in [3.05, 3.63) is 39.8 Å². The van der Waals surface area contributed by atoms with E-state index in [-0.39, 0.29) is 11.9 Å². The van der Waals surface area contributed by atoms with Crippen molar-refractivity contribution in [1.82, 2.24) is 25.0 Å². The Morgan fingerprint density at radius 3 is 2.79 bits per heavy atom. The molecule has 1 saturated carbocycles. The first-order valence-corrected chi connectivity index (χ1v) is 10.7. The zero-order chi connectivity index (χ0) is 20.1. The summed E-state index contributed by atoms with van der Waals surface area (Å²) >= 11 is 0. The van der Waals surface area contributed by atoms with Crippen molar-refractivity contribution in [3.8, 4) is 5.88 Å². The van der Waals surface area contributed by atoms with Gasteiger partial charge >= 0.3 is 0 Å². The zero-order valence-electron chi connectivity index (χ0n) is 17.5. The molecule has 2 aliphatic heterocycles. The number of carbonyl (C=O) groups excluding carboxylic acids is 1. The molecule has 2 aromatic rings. The molecular formula is C22H29N5O2. The van der Waals surface area contributed by atoms with Gasteiger partial charge < -0.3 is 9.64 Å². The molecule has 0 spiro atoms. The Balaban J connectivity index is 1.35. The van der Waals surface area contributed by atoms with Gasteiger partial charge in [-0.15, -0.1) is 0 Å². The fourth-order valence-corrected chi connectivity index (χ4v) is 4.62. The summed E-state index contributed by atoms with van der Waals surface area (Å²) in [6.45, 7) is 7.34. The highest BCUT2D eigenvalue weighted by molar-refractivity contribution is 5.98. The number of H-pyrrole nitrogens is 1. The summed E-state index contributed by atoms with van der Waals surface area (Å²) in [7, 11) is 1.66. The minimum atomic E-state index is 0.0809. The molecule has 0 unspecified atom stereocenters. The van der Waals surface area contributed by atoms with Crippen LogP contribution < -0.4 is 4.74 Å². The third kappa shape index (κ3) is 3.31. The SMILES string of the molecule is COc1nc2c(cc1CN1CCc3[nH]nc(C4CC4)c3CC1)C(=O)N(C(C)C)C2. The Labute approximate surface area is 171 Å². The van der Waals surface area contributed by atoms with E-state index in [0.29, 0.717) is 18.3 Å². The van der Waals surface area contributed by atoms with Gasteiger partial charge in [0.25, 0.3) is 5.91 Å². The summed E-state index contributed by atoms with van der Waals surface area (Å²) in [6, 6.07) is 2.17. The number of amides is 1. The molecular weight excluding hydrogens is 366 g/mol. The molecule has 7 nitrogen and oxygen atoms in total. The van der Waals surface area contributed by atoms with Crippen molar-refractivity contribution in [1.29, 1.82) is 0 Å². The van der Waals surface area contributed by atoms with Gasteiger partial charge in [0.05, 0.1) is 30.6 Å². The molecule has 3 aliphatic rings. The van der Waals surface area contributed by atoms with Gasteiger partial charge in [-0.3, -0.25) is 14.8 Å². The first-order valence-electron chi connectivity index (χ1n) is 10.7. The van der Waals surface area contributed by atoms with E-state index in [2.05, 4.69) is 15.1 Å². The molecule has 1 fully saturated rings. The number of ether oxygens (including phenoxy) is 1. The zero-order valence-corrected chi connectivity index (χ0v) is 17.5. The first kappa shape index (κ1) is 18.6. The number of nitrogens with one attached hydrogen (secondary N) is 1. The minimum Gasteiger partial charge on any atom is -0.481 e. The highest BCUT2D eigenvalue weighted by Crippen LogP contribution is 2.41. The molecule has 7 heteroatoms. The summed E-state index contributed by atoms with van der Waals surface area (Å²) in [6.07, 6.45) is 4.56. The fourth-order valence-electron chi connectivity index (χ4n) is 4.62.